The number of nitrogen functional groups attached to an aromatic ring is 1. The highest BCUT2D eigenvalue weighted by atomic mass is 16.5. The molecule has 0 spiro atoms. The summed E-state index contributed by atoms with van der Waals surface area (Å²) in [5.74, 6) is 1.44. The fourth-order valence-corrected chi connectivity index (χ4v) is 1.81. The molecule has 100 valence electrons. The predicted molar refractivity (Wildman–Crippen MR) is 73.9 cm³/mol. The van der Waals surface area contributed by atoms with E-state index in [0.29, 0.717) is 28.8 Å². The third kappa shape index (κ3) is 2.18. The van der Waals surface area contributed by atoms with Crippen molar-refractivity contribution in [1.29, 1.82) is 0 Å². The van der Waals surface area contributed by atoms with Crippen molar-refractivity contribution >= 4 is 5.69 Å². The van der Waals surface area contributed by atoms with Gasteiger partial charge in [-0.1, -0.05) is 11.2 Å². The largest absolute Gasteiger partial charge is 0.495 e. The van der Waals surface area contributed by atoms with Crippen LogP contribution in [0.25, 0.3) is 23.0 Å². The van der Waals surface area contributed by atoms with Crippen molar-refractivity contribution in [3.05, 3.63) is 42.6 Å². The quantitative estimate of drug-likeness (QED) is 0.734. The number of hydrogen-bond acceptors (Lipinski definition) is 6. The molecule has 0 aliphatic heterocycles. The third-order valence-corrected chi connectivity index (χ3v) is 2.80. The van der Waals surface area contributed by atoms with Gasteiger partial charge >= 0.3 is 0 Å². The van der Waals surface area contributed by atoms with Gasteiger partial charge in [-0.05, 0) is 30.3 Å². The Morgan fingerprint density at radius 1 is 1.20 bits per heavy atom. The third-order valence-electron chi connectivity index (χ3n) is 2.80. The van der Waals surface area contributed by atoms with E-state index in [1.54, 1.807) is 25.4 Å². The Labute approximate surface area is 115 Å². The van der Waals surface area contributed by atoms with Crippen LogP contribution in [0, 0.1) is 0 Å². The van der Waals surface area contributed by atoms with Gasteiger partial charge in [0.2, 0.25) is 5.82 Å². The molecule has 6 nitrogen and oxygen atoms in total. The zero-order valence-electron chi connectivity index (χ0n) is 10.8. The van der Waals surface area contributed by atoms with Gasteiger partial charge in [0, 0.05) is 11.8 Å². The van der Waals surface area contributed by atoms with E-state index >= 15 is 0 Å². The fraction of sp³-hybridized carbons (Fsp3) is 0.0714. The molecule has 0 amide bonds. The van der Waals surface area contributed by atoms with Crippen LogP contribution in [-0.4, -0.2) is 22.2 Å². The molecule has 0 saturated heterocycles. The second-order valence-electron chi connectivity index (χ2n) is 4.09. The standard InChI is InChI=1S/C14H12N4O2/c1-19-12-6-5-9(8-10(12)15)14-17-13(18-20-14)11-4-2-3-7-16-11/h2-8H,15H2,1H3. The molecule has 0 saturated carbocycles. The lowest BCUT2D eigenvalue weighted by Gasteiger charge is -2.04. The highest BCUT2D eigenvalue weighted by Gasteiger charge is 2.12. The first-order valence-electron chi connectivity index (χ1n) is 5.97. The summed E-state index contributed by atoms with van der Waals surface area (Å²) in [5, 5.41) is 3.91. The predicted octanol–water partition coefficient (Wildman–Crippen LogP) is 2.39. The topological polar surface area (TPSA) is 87.1 Å². The maximum Gasteiger partial charge on any atom is 0.258 e. The van der Waals surface area contributed by atoms with Gasteiger partial charge in [-0.2, -0.15) is 4.98 Å². The molecule has 2 heterocycles. The maximum atomic E-state index is 5.86. The van der Waals surface area contributed by atoms with E-state index in [1.807, 2.05) is 24.3 Å². The molecule has 6 heteroatoms. The number of pyridine rings is 1. The fourth-order valence-electron chi connectivity index (χ4n) is 1.81. The lowest BCUT2D eigenvalue weighted by molar-refractivity contribution is 0.416. The van der Waals surface area contributed by atoms with E-state index in [2.05, 4.69) is 15.1 Å². The van der Waals surface area contributed by atoms with E-state index in [9.17, 15) is 0 Å². The normalized spacial score (nSPS) is 10.4. The smallest absolute Gasteiger partial charge is 0.258 e. The van der Waals surface area contributed by atoms with Crippen LogP contribution in [0.15, 0.2) is 47.1 Å². The highest BCUT2D eigenvalue weighted by Crippen LogP contribution is 2.28. The number of aromatic nitrogens is 3. The van der Waals surface area contributed by atoms with Gasteiger partial charge in [0.15, 0.2) is 0 Å². The molecule has 0 atom stereocenters. The second kappa shape index (κ2) is 5.00. The molecule has 0 aliphatic carbocycles. The van der Waals surface area contributed by atoms with Crippen LogP contribution in [0.4, 0.5) is 5.69 Å². The van der Waals surface area contributed by atoms with E-state index in [-0.39, 0.29) is 0 Å². The average Bonchev–Trinajstić information content (AvgIpc) is 2.98. The lowest BCUT2D eigenvalue weighted by Crippen LogP contribution is -1.92. The minimum Gasteiger partial charge on any atom is -0.495 e. The summed E-state index contributed by atoms with van der Waals surface area (Å²) in [6.07, 6.45) is 1.68. The van der Waals surface area contributed by atoms with Crippen molar-refractivity contribution in [2.75, 3.05) is 12.8 Å². The van der Waals surface area contributed by atoms with E-state index in [1.165, 1.54) is 0 Å². The summed E-state index contributed by atoms with van der Waals surface area (Å²) in [4.78, 5) is 8.48. The zero-order valence-corrected chi connectivity index (χ0v) is 10.8. The van der Waals surface area contributed by atoms with Crippen LogP contribution in [0.5, 0.6) is 5.75 Å². The second-order valence-corrected chi connectivity index (χ2v) is 4.09. The van der Waals surface area contributed by atoms with Gasteiger partial charge in [0.25, 0.3) is 5.89 Å². The summed E-state index contributed by atoms with van der Waals surface area (Å²) < 4.78 is 10.3. The minimum atomic E-state index is 0.389. The van der Waals surface area contributed by atoms with E-state index in [0.717, 1.165) is 5.56 Å². The summed E-state index contributed by atoms with van der Waals surface area (Å²) in [6.45, 7) is 0. The molecule has 2 N–H and O–H groups in total. The van der Waals surface area contributed by atoms with Gasteiger partial charge in [0.05, 0.1) is 12.8 Å². The SMILES string of the molecule is COc1ccc(-c2nc(-c3ccccn3)no2)cc1N. The summed E-state index contributed by atoms with van der Waals surface area (Å²) >= 11 is 0. The number of nitrogens with zero attached hydrogens (tertiary/aromatic N) is 3. The molecular formula is C14H12N4O2. The number of benzene rings is 1. The molecule has 0 unspecified atom stereocenters. The molecule has 20 heavy (non-hydrogen) atoms. The van der Waals surface area contributed by atoms with Crippen molar-refractivity contribution in [2.24, 2.45) is 0 Å². The maximum absolute atomic E-state index is 5.86. The number of anilines is 1. The van der Waals surface area contributed by atoms with E-state index < -0.39 is 0 Å². The summed E-state index contributed by atoms with van der Waals surface area (Å²) in [5.41, 5.74) is 7.77. The zero-order chi connectivity index (χ0) is 13.9. The lowest BCUT2D eigenvalue weighted by atomic mass is 10.2. The Morgan fingerprint density at radius 3 is 2.80 bits per heavy atom. The molecule has 3 rings (SSSR count). The Bertz CT molecular complexity index is 725. The van der Waals surface area contributed by atoms with Crippen molar-refractivity contribution < 1.29 is 9.26 Å². The van der Waals surface area contributed by atoms with Crippen molar-refractivity contribution in [3.8, 4) is 28.7 Å². The minimum absolute atomic E-state index is 0.389. The summed E-state index contributed by atoms with van der Waals surface area (Å²) in [6, 6.07) is 10.8. The van der Waals surface area contributed by atoms with Gasteiger partial charge in [0.1, 0.15) is 11.4 Å². The highest BCUT2D eigenvalue weighted by molar-refractivity contribution is 5.66. The Balaban J connectivity index is 1.96. The van der Waals surface area contributed by atoms with Crippen LogP contribution in [0.1, 0.15) is 0 Å². The van der Waals surface area contributed by atoms with Crippen molar-refractivity contribution in [1.82, 2.24) is 15.1 Å². The molecule has 0 radical (unpaired) electrons. The van der Waals surface area contributed by atoms with Crippen LogP contribution < -0.4 is 10.5 Å². The molecular weight excluding hydrogens is 256 g/mol. The number of ether oxygens (including phenoxy) is 1. The molecule has 2 aromatic heterocycles. The van der Waals surface area contributed by atoms with Gasteiger partial charge in [-0.3, -0.25) is 4.98 Å². The van der Waals surface area contributed by atoms with Gasteiger partial charge in [-0.15, -0.1) is 0 Å². The summed E-state index contributed by atoms with van der Waals surface area (Å²) in [7, 11) is 1.57. The first-order chi connectivity index (χ1) is 9.78. The number of methoxy groups -OCH3 is 1. The molecule has 3 aromatic rings. The average molecular weight is 268 g/mol. The first-order valence-corrected chi connectivity index (χ1v) is 5.97. The monoisotopic (exact) mass is 268 g/mol. The Hall–Kier alpha value is -2.89. The first kappa shape index (κ1) is 12.2. The van der Waals surface area contributed by atoms with Crippen molar-refractivity contribution in [2.45, 2.75) is 0 Å². The molecule has 1 aromatic carbocycles. The van der Waals surface area contributed by atoms with Crippen LogP contribution in [0.3, 0.4) is 0 Å². The van der Waals surface area contributed by atoms with Crippen LogP contribution in [0.2, 0.25) is 0 Å². The molecule has 0 aliphatic rings. The molecule has 0 bridgehead atoms. The number of hydrogen-bond donors (Lipinski definition) is 1. The molecule has 0 fully saturated rings. The Kier molecular flexibility index (Phi) is 3.04. The van der Waals surface area contributed by atoms with Crippen LogP contribution >= 0.6 is 0 Å². The van der Waals surface area contributed by atoms with E-state index in [4.69, 9.17) is 15.0 Å². The van der Waals surface area contributed by atoms with Gasteiger partial charge < -0.3 is 15.0 Å². The van der Waals surface area contributed by atoms with Crippen LogP contribution in [-0.2, 0) is 0 Å². The van der Waals surface area contributed by atoms with Crippen molar-refractivity contribution in [3.63, 3.8) is 0 Å². The Morgan fingerprint density at radius 2 is 2.10 bits per heavy atom. The number of nitrogens with two attached hydrogens (primary N) is 1. The van der Waals surface area contributed by atoms with Gasteiger partial charge in [-0.25, -0.2) is 0 Å². The number of rotatable bonds is 3.